The zero-order valence-electron chi connectivity index (χ0n) is 19.2. The van der Waals surface area contributed by atoms with E-state index in [1.165, 1.54) is 11.8 Å². The zero-order chi connectivity index (χ0) is 22.8. The first kappa shape index (κ1) is 24.0. The Hall–Kier alpha value is -2.64. The minimum Gasteiger partial charge on any atom is -0.353 e. The maximum absolute atomic E-state index is 12.6. The molecular formula is C25H33N5OS. The van der Waals surface area contributed by atoms with Crippen LogP contribution in [0.1, 0.15) is 33.6 Å². The van der Waals surface area contributed by atoms with Crippen LogP contribution in [0.4, 0.5) is 0 Å². The summed E-state index contributed by atoms with van der Waals surface area (Å²) in [5.74, 6) is 1.10. The van der Waals surface area contributed by atoms with E-state index in [0.29, 0.717) is 10.9 Å². The number of rotatable bonds is 12. The Bertz CT molecular complexity index is 957. The SMILES string of the molecule is CCN(CC)CCCC(C)NC(=O)CSc1nnc(-c2ccccc2)n1-c1ccccc1. The molecule has 1 amide bonds. The molecule has 7 heteroatoms. The van der Waals surface area contributed by atoms with Crippen LogP contribution in [0.5, 0.6) is 0 Å². The lowest BCUT2D eigenvalue weighted by Gasteiger charge is -2.19. The van der Waals surface area contributed by atoms with Crippen molar-refractivity contribution in [3.8, 4) is 17.1 Å². The van der Waals surface area contributed by atoms with Crippen molar-refractivity contribution in [2.24, 2.45) is 0 Å². The predicted molar refractivity (Wildman–Crippen MR) is 132 cm³/mol. The maximum atomic E-state index is 12.6. The third kappa shape index (κ3) is 6.68. The van der Waals surface area contributed by atoms with Gasteiger partial charge in [-0.2, -0.15) is 0 Å². The van der Waals surface area contributed by atoms with E-state index in [1.807, 2.05) is 65.2 Å². The van der Waals surface area contributed by atoms with E-state index in [2.05, 4.69) is 41.2 Å². The second kappa shape index (κ2) is 12.4. The first-order chi connectivity index (χ1) is 15.6. The van der Waals surface area contributed by atoms with Crippen LogP contribution in [0, 0.1) is 0 Å². The van der Waals surface area contributed by atoms with E-state index < -0.39 is 0 Å². The molecule has 1 atom stereocenters. The Balaban J connectivity index is 1.62. The number of thioether (sulfide) groups is 1. The zero-order valence-corrected chi connectivity index (χ0v) is 20.0. The summed E-state index contributed by atoms with van der Waals surface area (Å²) in [7, 11) is 0. The first-order valence-electron chi connectivity index (χ1n) is 11.3. The van der Waals surface area contributed by atoms with Gasteiger partial charge in [-0.15, -0.1) is 10.2 Å². The smallest absolute Gasteiger partial charge is 0.230 e. The second-order valence-electron chi connectivity index (χ2n) is 7.77. The molecule has 3 rings (SSSR count). The lowest BCUT2D eigenvalue weighted by molar-refractivity contribution is -0.119. The van der Waals surface area contributed by atoms with Gasteiger partial charge in [-0.05, 0) is 51.5 Å². The average molecular weight is 452 g/mol. The minimum atomic E-state index is 0.0224. The van der Waals surface area contributed by atoms with Gasteiger partial charge in [0.2, 0.25) is 5.91 Å². The van der Waals surface area contributed by atoms with Crippen LogP contribution >= 0.6 is 11.8 Å². The highest BCUT2D eigenvalue weighted by atomic mass is 32.2. The summed E-state index contributed by atoms with van der Waals surface area (Å²) in [6.07, 6.45) is 2.06. The molecule has 170 valence electrons. The van der Waals surface area contributed by atoms with Crippen molar-refractivity contribution in [2.75, 3.05) is 25.4 Å². The Morgan fingerprint density at radius 2 is 1.69 bits per heavy atom. The summed E-state index contributed by atoms with van der Waals surface area (Å²) in [6, 6.07) is 20.2. The summed E-state index contributed by atoms with van der Waals surface area (Å²) >= 11 is 1.41. The lowest BCUT2D eigenvalue weighted by Crippen LogP contribution is -2.34. The predicted octanol–water partition coefficient (Wildman–Crippen LogP) is 4.65. The van der Waals surface area contributed by atoms with Crippen LogP contribution in [0.3, 0.4) is 0 Å². The van der Waals surface area contributed by atoms with Gasteiger partial charge >= 0.3 is 0 Å². The van der Waals surface area contributed by atoms with E-state index in [1.54, 1.807) is 0 Å². The Morgan fingerprint density at radius 3 is 2.34 bits per heavy atom. The van der Waals surface area contributed by atoms with Crippen molar-refractivity contribution in [3.63, 3.8) is 0 Å². The number of benzene rings is 2. The van der Waals surface area contributed by atoms with Crippen molar-refractivity contribution < 1.29 is 4.79 Å². The fourth-order valence-corrected chi connectivity index (χ4v) is 4.39. The van der Waals surface area contributed by atoms with E-state index >= 15 is 0 Å². The molecule has 32 heavy (non-hydrogen) atoms. The number of nitrogens with zero attached hydrogens (tertiary/aromatic N) is 4. The molecule has 2 aromatic carbocycles. The molecule has 0 bridgehead atoms. The number of aromatic nitrogens is 3. The molecular weight excluding hydrogens is 418 g/mol. The van der Waals surface area contributed by atoms with Crippen LogP contribution in [-0.2, 0) is 4.79 Å². The molecule has 3 aromatic rings. The fourth-order valence-electron chi connectivity index (χ4n) is 3.63. The Labute approximate surface area is 195 Å². The molecule has 0 aliphatic carbocycles. The molecule has 0 saturated heterocycles. The maximum Gasteiger partial charge on any atom is 0.230 e. The second-order valence-corrected chi connectivity index (χ2v) is 8.71. The molecule has 6 nitrogen and oxygen atoms in total. The summed E-state index contributed by atoms with van der Waals surface area (Å²) in [5.41, 5.74) is 1.96. The molecule has 1 aromatic heterocycles. The molecule has 1 N–H and O–H groups in total. The summed E-state index contributed by atoms with van der Waals surface area (Å²) in [5, 5.41) is 12.7. The molecule has 0 saturated carbocycles. The van der Waals surface area contributed by atoms with Gasteiger partial charge in [0.05, 0.1) is 5.75 Å². The van der Waals surface area contributed by atoms with Gasteiger partial charge in [0.25, 0.3) is 0 Å². The molecule has 0 radical (unpaired) electrons. The quantitative estimate of drug-likeness (QED) is 0.406. The Kier molecular flexibility index (Phi) is 9.31. The van der Waals surface area contributed by atoms with Gasteiger partial charge in [-0.25, -0.2) is 0 Å². The highest BCUT2D eigenvalue weighted by Gasteiger charge is 2.17. The third-order valence-electron chi connectivity index (χ3n) is 5.43. The van der Waals surface area contributed by atoms with Crippen molar-refractivity contribution in [2.45, 2.75) is 44.8 Å². The summed E-state index contributed by atoms with van der Waals surface area (Å²) in [4.78, 5) is 15.0. The summed E-state index contributed by atoms with van der Waals surface area (Å²) < 4.78 is 2.01. The number of hydrogen-bond donors (Lipinski definition) is 1. The van der Waals surface area contributed by atoms with Gasteiger partial charge in [0, 0.05) is 17.3 Å². The molecule has 0 aliphatic rings. The average Bonchev–Trinajstić information content (AvgIpc) is 3.25. The summed E-state index contributed by atoms with van der Waals surface area (Å²) in [6.45, 7) is 9.66. The highest BCUT2D eigenvalue weighted by molar-refractivity contribution is 7.99. The van der Waals surface area contributed by atoms with Crippen molar-refractivity contribution in [1.29, 1.82) is 0 Å². The molecule has 1 heterocycles. The van der Waals surface area contributed by atoms with Crippen molar-refractivity contribution >= 4 is 17.7 Å². The molecule has 0 spiro atoms. The van der Waals surface area contributed by atoms with E-state index in [-0.39, 0.29) is 11.9 Å². The van der Waals surface area contributed by atoms with Crippen LogP contribution in [0.25, 0.3) is 17.1 Å². The van der Waals surface area contributed by atoms with E-state index in [9.17, 15) is 4.79 Å². The van der Waals surface area contributed by atoms with Gasteiger partial charge in [0.15, 0.2) is 11.0 Å². The van der Waals surface area contributed by atoms with Gasteiger partial charge < -0.3 is 10.2 Å². The van der Waals surface area contributed by atoms with Crippen molar-refractivity contribution in [1.82, 2.24) is 25.0 Å². The monoisotopic (exact) mass is 451 g/mol. The normalized spacial score (nSPS) is 12.1. The van der Waals surface area contributed by atoms with Crippen LogP contribution in [-0.4, -0.2) is 57.0 Å². The number of nitrogens with one attached hydrogen (secondary N) is 1. The van der Waals surface area contributed by atoms with E-state index in [4.69, 9.17) is 0 Å². The number of carbonyl (C=O) groups is 1. The van der Waals surface area contributed by atoms with Crippen LogP contribution < -0.4 is 5.32 Å². The number of hydrogen-bond acceptors (Lipinski definition) is 5. The lowest BCUT2D eigenvalue weighted by atomic mass is 10.2. The minimum absolute atomic E-state index is 0.0224. The van der Waals surface area contributed by atoms with Gasteiger partial charge in [0.1, 0.15) is 0 Å². The van der Waals surface area contributed by atoms with Crippen LogP contribution in [0.2, 0.25) is 0 Å². The molecule has 0 aliphatic heterocycles. The number of amides is 1. The van der Waals surface area contributed by atoms with Gasteiger partial charge in [-0.3, -0.25) is 9.36 Å². The Morgan fingerprint density at radius 1 is 1.03 bits per heavy atom. The highest BCUT2D eigenvalue weighted by Crippen LogP contribution is 2.27. The van der Waals surface area contributed by atoms with E-state index in [0.717, 1.165) is 49.6 Å². The largest absolute Gasteiger partial charge is 0.353 e. The first-order valence-corrected chi connectivity index (χ1v) is 12.3. The number of para-hydroxylation sites is 1. The third-order valence-corrected chi connectivity index (χ3v) is 6.35. The number of carbonyl (C=O) groups excluding carboxylic acids is 1. The van der Waals surface area contributed by atoms with Gasteiger partial charge in [-0.1, -0.05) is 74.1 Å². The molecule has 0 fully saturated rings. The molecule has 1 unspecified atom stereocenters. The van der Waals surface area contributed by atoms with Crippen molar-refractivity contribution in [3.05, 3.63) is 60.7 Å². The van der Waals surface area contributed by atoms with Crippen LogP contribution in [0.15, 0.2) is 65.8 Å². The standard InChI is InChI=1S/C25H33N5OS/c1-4-29(5-2)18-12-13-20(3)26-23(31)19-32-25-28-27-24(21-14-8-6-9-15-21)30(25)22-16-10-7-11-17-22/h6-11,14-17,20H,4-5,12-13,18-19H2,1-3H3,(H,26,31). The fraction of sp³-hybridized carbons (Fsp3) is 0.400. The topological polar surface area (TPSA) is 63.1 Å².